The molecule has 1 saturated heterocycles. The number of carbonyl (C=O) groups is 2. The Morgan fingerprint density at radius 2 is 2.09 bits per heavy atom. The van der Waals surface area contributed by atoms with E-state index in [0.717, 1.165) is 19.4 Å². The van der Waals surface area contributed by atoms with Crippen LogP contribution < -0.4 is 0 Å². The van der Waals surface area contributed by atoms with Crippen LogP contribution in [0, 0.1) is 5.92 Å². The zero-order chi connectivity index (χ0) is 15.5. The summed E-state index contributed by atoms with van der Waals surface area (Å²) in [7, 11) is 0. The van der Waals surface area contributed by atoms with Gasteiger partial charge in [-0.05, 0) is 36.8 Å². The van der Waals surface area contributed by atoms with Crippen molar-refractivity contribution in [2.24, 2.45) is 5.92 Å². The molecule has 5 nitrogen and oxygen atoms in total. The van der Waals surface area contributed by atoms with Crippen LogP contribution in [0.4, 0.5) is 4.79 Å². The molecular formula is C17H21NO4. The van der Waals surface area contributed by atoms with Gasteiger partial charge in [0.25, 0.3) is 0 Å². The summed E-state index contributed by atoms with van der Waals surface area (Å²) >= 11 is 0. The Bertz CT molecular complexity index is 572. The summed E-state index contributed by atoms with van der Waals surface area (Å²) in [4.78, 5) is 25.4. The third kappa shape index (κ3) is 2.80. The first-order valence-electron chi connectivity index (χ1n) is 7.87. The van der Waals surface area contributed by atoms with Gasteiger partial charge in [0.2, 0.25) is 0 Å². The van der Waals surface area contributed by atoms with E-state index in [4.69, 9.17) is 9.47 Å². The highest BCUT2D eigenvalue weighted by Gasteiger charge is 2.43. The topological polar surface area (TPSA) is 55.8 Å². The molecule has 1 aromatic rings. The number of fused-ring (bicyclic) bond motifs is 3. The fourth-order valence-electron chi connectivity index (χ4n) is 3.53. The highest BCUT2D eigenvalue weighted by atomic mass is 16.6. The van der Waals surface area contributed by atoms with Gasteiger partial charge < -0.3 is 14.4 Å². The van der Waals surface area contributed by atoms with E-state index in [2.05, 4.69) is 12.1 Å². The average molecular weight is 303 g/mol. The maximum absolute atomic E-state index is 12.3. The van der Waals surface area contributed by atoms with Crippen molar-refractivity contribution in [3.05, 3.63) is 35.4 Å². The highest BCUT2D eigenvalue weighted by Crippen LogP contribution is 2.46. The average Bonchev–Trinajstić information content (AvgIpc) is 3.06. The van der Waals surface area contributed by atoms with E-state index in [1.807, 2.05) is 17.0 Å². The van der Waals surface area contributed by atoms with Crippen LogP contribution in [0.5, 0.6) is 0 Å². The maximum atomic E-state index is 12.3. The van der Waals surface area contributed by atoms with E-state index < -0.39 is 0 Å². The second kappa shape index (κ2) is 6.38. The van der Waals surface area contributed by atoms with E-state index in [1.54, 1.807) is 6.92 Å². The summed E-state index contributed by atoms with van der Waals surface area (Å²) < 4.78 is 10.1. The molecule has 0 saturated carbocycles. The van der Waals surface area contributed by atoms with E-state index in [9.17, 15) is 9.59 Å². The van der Waals surface area contributed by atoms with Crippen molar-refractivity contribution in [3.8, 4) is 0 Å². The van der Waals surface area contributed by atoms with Crippen LogP contribution in [0.1, 0.15) is 36.9 Å². The second-order valence-electron chi connectivity index (χ2n) is 5.76. The van der Waals surface area contributed by atoms with Crippen LogP contribution >= 0.6 is 0 Å². The third-order valence-electron chi connectivity index (χ3n) is 4.45. The van der Waals surface area contributed by atoms with Crippen molar-refractivity contribution in [1.82, 2.24) is 4.90 Å². The van der Waals surface area contributed by atoms with Crippen LogP contribution in [0.15, 0.2) is 24.3 Å². The van der Waals surface area contributed by atoms with Gasteiger partial charge in [-0.3, -0.25) is 4.79 Å². The van der Waals surface area contributed by atoms with Crippen molar-refractivity contribution in [1.29, 1.82) is 0 Å². The Labute approximate surface area is 130 Å². The summed E-state index contributed by atoms with van der Waals surface area (Å²) in [5.74, 6) is 0.163. The van der Waals surface area contributed by atoms with Gasteiger partial charge in [-0.2, -0.15) is 0 Å². The van der Waals surface area contributed by atoms with Crippen molar-refractivity contribution < 1.29 is 19.1 Å². The predicted octanol–water partition coefficient (Wildman–Crippen LogP) is 2.70. The number of hydrogen-bond acceptors (Lipinski definition) is 4. The molecule has 0 spiro atoms. The van der Waals surface area contributed by atoms with E-state index in [0.29, 0.717) is 12.5 Å². The molecule has 22 heavy (non-hydrogen) atoms. The minimum atomic E-state index is -0.333. The molecule has 2 aliphatic rings. The van der Waals surface area contributed by atoms with E-state index in [-0.39, 0.29) is 31.1 Å². The Balaban J connectivity index is 1.59. The Kier molecular flexibility index (Phi) is 4.32. The highest BCUT2D eigenvalue weighted by molar-refractivity contribution is 5.72. The summed E-state index contributed by atoms with van der Waals surface area (Å²) in [6.07, 6.45) is 1.83. The molecule has 0 bridgehead atoms. The maximum Gasteiger partial charge on any atom is 0.410 e. The molecule has 0 N–H and O–H groups in total. The molecule has 1 aliphatic heterocycles. The first kappa shape index (κ1) is 14.9. The number of hydrogen-bond donors (Lipinski definition) is 0. The largest absolute Gasteiger partial charge is 0.466 e. The lowest BCUT2D eigenvalue weighted by Gasteiger charge is -2.24. The number of esters is 1. The first-order chi connectivity index (χ1) is 10.7. The molecule has 1 aliphatic carbocycles. The fraction of sp³-hybridized carbons (Fsp3) is 0.529. The third-order valence-corrected chi connectivity index (χ3v) is 4.45. The van der Waals surface area contributed by atoms with Crippen molar-refractivity contribution in [2.45, 2.75) is 32.2 Å². The van der Waals surface area contributed by atoms with Crippen LogP contribution in [-0.2, 0) is 20.7 Å². The number of ether oxygens (including phenoxy) is 2. The van der Waals surface area contributed by atoms with Crippen LogP contribution in [0.3, 0.4) is 0 Å². The van der Waals surface area contributed by atoms with Gasteiger partial charge in [0, 0.05) is 6.54 Å². The zero-order valence-corrected chi connectivity index (χ0v) is 12.8. The zero-order valence-electron chi connectivity index (χ0n) is 12.8. The SMILES string of the molecule is CCOC(=O)CCOC(=O)N1CCC2Cc3ccccc3C21. The molecule has 118 valence electrons. The number of amides is 1. The number of nitrogens with zero attached hydrogens (tertiary/aromatic N) is 1. The molecule has 0 aromatic heterocycles. The van der Waals surface area contributed by atoms with E-state index >= 15 is 0 Å². The van der Waals surface area contributed by atoms with E-state index in [1.165, 1.54) is 11.1 Å². The molecule has 1 heterocycles. The fourth-order valence-corrected chi connectivity index (χ4v) is 3.53. The summed E-state index contributed by atoms with van der Waals surface area (Å²) in [6, 6.07) is 8.43. The Morgan fingerprint density at radius 1 is 1.27 bits per heavy atom. The second-order valence-corrected chi connectivity index (χ2v) is 5.76. The van der Waals surface area contributed by atoms with Crippen molar-refractivity contribution in [3.63, 3.8) is 0 Å². The number of rotatable bonds is 4. The molecule has 1 fully saturated rings. The number of carbonyl (C=O) groups excluding carboxylic acids is 2. The van der Waals surface area contributed by atoms with Gasteiger partial charge in [-0.25, -0.2) is 4.79 Å². The Morgan fingerprint density at radius 3 is 2.91 bits per heavy atom. The van der Waals surface area contributed by atoms with Crippen molar-refractivity contribution in [2.75, 3.05) is 19.8 Å². The standard InChI is InChI=1S/C17H21NO4/c1-2-21-15(19)8-10-22-17(20)18-9-7-13-11-12-5-3-4-6-14(12)16(13)18/h3-6,13,16H,2,7-11H2,1H3. The van der Waals surface area contributed by atoms with Gasteiger partial charge >= 0.3 is 12.1 Å². The molecule has 1 amide bonds. The molecule has 2 atom stereocenters. The Hall–Kier alpha value is -2.04. The summed E-state index contributed by atoms with van der Waals surface area (Å²) in [6.45, 7) is 2.90. The molecular weight excluding hydrogens is 282 g/mol. The molecule has 1 aromatic carbocycles. The van der Waals surface area contributed by atoms with Crippen molar-refractivity contribution >= 4 is 12.1 Å². The number of likely N-dealkylation sites (tertiary alicyclic amines) is 1. The molecule has 2 unspecified atom stereocenters. The van der Waals surface area contributed by atoms with Crippen LogP contribution in [0.25, 0.3) is 0 Å². The lowest BCUT2D eigenvalue weighted by Crippen LogP contribution is -2.32. The minimum Gasteiger partial charge on any atom is -0.466 e. The summed E-state index contributed by atoms with van der Waals surface area (Å²) in [5.41, 5.74) is 2.58. The van der Waals surface area contributed by atoms with Gasteiger partial charge in [-0.15, -0.1) is 0 Å². The first-order valence-corrected chi connectivity index (χ1v) is 7.87. The lowest BCUT2D eigenvalue weighted by molar-refractivity contribution is -0.143. The quantitative estimate of drug-likeness (QED) is 0.803. The minimum absolute atomic E-state index is 0.0766. The van der Waals surface area contributed by atoms with Gasteiger partial charge in [0.05, 0.1) is 19.1 Å². The predicted molar refractivity (Wildman–Crippen MR) is 80.3 cm³/mol. The number of benzene rings is 1. The molecule has 5 heteroatoms. The summed E-state index contributed by atoms with van der Waals surface area (Å²) in [5, 5.41) is 0. The monoisotopic (exact) mass is 303 g/mol. The lowest BCUT2D eigenvalue weighted by atomic mass is 10.0. The van der Waals surface area contributed by atoms with Gasteiger partial charge in [0.15, 0.2) is 0 Å². The smallest absolute Gasteiger partial charge is 0.410 e. The van der Waals surface area contributed by atoms with Crippen LogP contribution in [0.2, 0.25) is 0 Å². The van der Waals surface area contributed by atoms with Gasteiger partial charge in [-0.1, -0.05) is 24.3 Å². The van der Waals surface area contributed by atoms with Gasteiger partial charge in [0.1, 0.15) is 6.61 Å². The normalized spacial score (nSPS) is 22.1. The molecule has 0 radical (unpaired) electrons. The molecule has 3 rings (SSSR count). The van der Waals surface area contributed by atoms with Crippen LogP contribution in [-0.4, -0.2) is 36.7 Å².